The molecule has 8 heteroatoms. The lowest BCUT2D eigenvalue weighted by Crippen LogP contribution is -2.56. The molecular weight excluding hydrogens is 378 g/mol. The standard InChI is InChI=1S/C20H23N3O4S/c1-3-28(25,26)23-12-18(13-23)27-17-9-16(10-21-11-17)14-4-6-19-15(8-14)5-7-20(24)22(19)2/h4,6,8-11,18H,3,5,7,12-13H2,1-2H3. The molecular formula is C20H23N3O4S. The second-order valence-electron chi connectivity index (χ2n) is 7.16. The van der Waals surface area contributed by atoms with Crippen LogP contribution in [0.2, 0.25) is 0 Å². The summed E-state index contributed by atoms with van der Waals surface area (Å²) < 4.78 is 31.0. The number of ether oxygens (including phenoxy) is 1. The zero-order chi connectivity index (χ0) is 19.9. The van der Waals surface area contributed by atoms with Gasteiger partial charge in [0.1, 0.15) is 11.9 Å². The summed E-state index contributed by atoms with van der Waals surface area (Å²) in [4.78, 5) is 17.8. The van der Waals surface area contributed by atoms with Crippen molar-refractivity contribution in [2.24, 2.45) is 0 Å². The first-order valence-electron chi connectivity index (χ1n) is 9.37. The van der Waals surface area contributed by atoms with Crippen LogP contribution in [0.1, 0.15) is 18.9 Å². The van der Waals surface area contributed by atoms with E-state index in [1.165, 1.54) is 4.31 Å². The number of carbonyl (C=O) groups excluding carboxylic acids is 1. The second kappa shape index (κ2) is 7.18. The van der Waals surface area contributed by atoms with E-state index in [4.69, 9.17) is 4.74 Å². The number of amides is 1. The fraction of sp³-hybridized carbons (Fsp3) is 0.400. The normalized spacial score (nSPS) is 17.9. The average molecular weight is 401 g/mol. The van der Waals surface area contributed by atoms with Gasteiger partial charge in [0.05, 0.1) is 25.0 Å². The van der Waals surface area contributed by atoms with Crippen molar-refractivity contribution in [2.45, 2.75) is 25.9 Å². The summed E-state index contributed by atoms with van der Waals surface area (Å²) in [5.74, 6) is 0.869. The molecule has 148 valence electrons. The first kappa shape index (κ1) is 18.9. The Kier molecular flexibility index (Phi) is 4.84. The van der Waals surface area contributed by atoms with E-state index in [0.717, 1.165) is 28.8 Å². The molecule has 0 N–H and O–H groups in total. The van der Waals surface area contributed by atoms with Gasteiger partial charge in [-0.05, 0) is 42.7 Å². The number of hydrogen-bond acceptors (Lipinski definition) is 5. The van der Waals surface area contributed by atoms with E-state index < -0.39 is 10.0 Å². The Morgan fingerprint density at radius 1 is 1.14 bits per heavy atom. The Morgan fingerprint density at radius 2 is 1.93 bits per heavy atom. The molecule has 0 aliphatic carbocycles. The molecule has 4 rings (SSSR count). The number of anilines is 1. The Balaban J connectivity index is 1.49. The van der Waals surface area contributed by atoms with Crippen molar-refractivity contribution in [2.75, 3.05) is 30.8 Å². The molecule has 1 aromatic heterocycles. The monoisotopic (exact) mass is 401 g/mol. The second-order valence-corrected chi connectivity index (χ2v) is 9.42. The van der Waals surface area contributed by atoms with Gasteiger partial charge in [0.15, 0.2) is 0 Å². The predicted octanol–water partition coefficient (Wildman–Crippen LogP) is 2.07. The summed E-state index contributed by atoms with van der Waals surface area (Å²) in [5, 5.41) is 0. The minimum Gasteiger partial charge on any atom is -0.486 e. The Morgan fingerprint density at radius 3 is 2.68 bits per heavy atom. The van der Waals surface area contributed by atoms with Gasteiger partial charge in [-0.15, -0.1) is 0 Å². The summed E-state index contributed by atoms with van der Waals surface area (Å²) in [6.07, 6.45) is 4.53. The molecule has 2 aromatic rings. The van der Waals surface area contributed by atoms with Crippen LogP contribution >= 0.6 is 0 Å². The number of aromatic nitrogens is 1. The number of carbonyl (C=O) groups is 1. The summed E-state index contributed by atoms with van der Waals surface area (Å²) in [6.45, 7) is 2.39. The lowest BCUT2D eigenvalue weighted by Gasteiger charge is -2.37. The highest BCUT2D eigenvalue weighted by Gasteiger charge is 2.36. The molecule has 2 aliphatic heterocycles. The van der Waals surface area contributed by atoms with Crippen LogP contribution in [-0.4, -0.2) is 55.6 Å². The van der Waals surface area contributed by atoms with Crippen LogP contribution < -0.4 is 9.64 Å². The smallest absolute Gasteiger partial charge is 0.227 e. The third-order valence-corrected chi connectivity index (χ3v) is 7.16. The number of pyridine rings is 1. The van der Waals surface area contributed by atoms with E-state index in [2.05, 4.69) is 11.1 Å². The summed E-state index contributed by atoms with van der Waals surface area (Å²) >= 11 is 0. The van der Waals surface area contributed by atoms with E-state index >= 15 is 0 Å². The van der Waals surface area contributed by atoms with Gasteiger partial charge >= 0.3 is 0 Å². The third-order valence-electron chi connectivity index (χ3n) is 5.35. The quantitative estimate of drug-likeness (QED) is 0.766. The molecule has 0 spiro atoms. The third kappa shape index (κ3) is 3.49. The summed E-state index contributed by atoms with van der Waals surface area (Å²) in [7, 11) is -1.34. The van der Waals surface area contributed by atoms with Crippen LogP contribution in [0.3, 0.4) is 0 Å². The van der Waals surface area contributed by atoms with Crippen molar-refractivity contribution in [3.8, 4) is 16.9 Å². The van der Waals surface area contributed by atoms with Gasteiger partial charge in [0.25, 0.3) is 0 Å². The Labute approximate surface area is 165 Å². The topological polar surface area (TPSA) is 79.8 Å². The summed E-state index contributed by atoms with van der Waals surface area (Å²) in [6, 6.07) is 7.96. The Bertz CT molecular complexity index is 1020. The van der Waals surface area contributed by atoms with E-state index in [-0.39, 0.29) is 17.8 Å². The van der Waals surface area contributed by atoms with E-state index in [9.17, 15) is 13.2 Å². The van der Waals surface area contributed by atoms with E-state index in [0.29, 0.717) is 25.3 Å². The molecule has 0 radical (unpaired) electrons. The number of hydrogen-bond donors (Lipinski definition) is 0. The van der Waals surface area contributed by atoms with Gasteiger partial charge in [-0.1, -0.05) is 6.07 Å². The van der Waals surface area contributed by atoms with Crippen molar-refractivity contribution < 1.29 is 17.9 Å². The molecule has 1 saturated heterocycles. The lowest BCUT2D eigenvalue weighted by atomic mass is 9.97. The number of benzene rings is 1. The minimum atomic E-state index is -3.15. The maximum Gasteiger partial charge on any atom is 0.227 e. The first-order valence-corrected chi connectivity index (χ1v) is 11.0. The number of fused-ring (bicyclic) bond motifs is 1. The van der Waals surface area contributed by atoms with Gasteiger partial charge in [-0.3, -0.25) is 9.78 Å². The van der Waals surface area contributed by atoms with Crippen molar-refractivity contribution in [3.05, 3.63) is 42.2 Å². The van der Waals surface area contributed by atoms with Crippen LogP contribution in [0.4, 0.5) is 5.69 Å². The molecule has 0 bridgehead atoms. The minimum absolute atomic E-state index is 0.107. The number of aryl methyl sites for hydroxylation is 1. The van der Waals surface area contributed by atoms with E-state index in [1.54, 1.807) is 31.3 Å². The van der Waals surface area contributed by atoms with Crippen LogP contribution in [0.15, 0.2) is 36.7 Å². The molecule has 0 saturated carbocycles. The number of rotatable bonds is 5. The molecule has 2 aliphatic rings. The molecule has 1 fully saturated rings. The molecule has 1 amide bonds. The fourth-order valence-corrected chi connectivity index (χ4v) is 4.71. The van der Waals surface area contributed by atoms with Crippen molar-refractivity contribution in [3.63, 3.8) is 0 Å². The molecule has 3 heterocycles. The van der Waals surface area contributed by atoms with Gasteiger partial charge < -0.3 is 9.64 Å². The molecule has 0 atom stereocenters. The number of nitrogens with zero attached hydrogens (tertiary/aromatic N) is 3. The zero-order valence-corrected chi connectivity index (χ0v) is 16.8. The highest BCUT2D eigenvalue weighted by atomic mass is 32.2. The Hall–Kier alpha value is -2.45. The largest absolute Gasteiger partial charge is 0.486 e. The summed E-state index contributed by atoms with van der Waals surface area (Å²) in [5.41, 5.74) is 4.04. The molecule has 0 unspecified atom stereocenters. The lowest BCUT2D eigenvalue weighted by molar-refractivity contribution is -0.118. The van der Waals surface area contributed by atoms with Gasteiger partial charge in [0.2, 0.25) is 15.9 Å². The molecule has 7 nitrogen and oxygen atoms in total. The van der Waals surface area contributed by atoms with Crippen molar-refractivity contribution in [1.29, 1.82) is 0 Å². The first-order chi connectivity index (χ1) is 13.4. The highest BCUT2D eigenvalue weighted by Crippen LogP contribution is 2.32. The SMILES string of the molecule is CCS(=O)(=O)N1CC(Oc2cncc(-c3ccc4c(c3)CCC(=O)N4C)c2)C1. The zero-order valence-electron chi connectivity index (χ0n) is 16.0. The van der Waals surface area contributed by atoms with Crippen LogP contribution in [-0.2, 0) is 21.2 Å². The molecule has 1 aromatic carbocycles. The average Bonchev–Trinajstić information content (AvgIpc) is 2.67. The van der Waals surface area contributed by atoms with Crippen molar-refractivity contribution in [1.82, 2.24) is 9.29 Å². The number of sulfonamides is 1. The maximum atomic E-state index is 11.9. The van der Waals surface area contributed by atoms with E-state index in [1.807, 2.05) is 18.2 Å². The highest BCUT2D eigenvalue weighted by molar-refractivity contribution is 7.89. The molecule has 28 heavy (non-hydrogen) atoms. The van der Waals surface area contributed by atoms with Gasteiger partial charge in [-0.2, -0.15) is 4.31 Å². The fourth-order valence-electron chi connectivity index (χ4n) is 3.55. The van der Waals surface area contributed by atoms with Crippen LogP contribution in [0.25, 0.3) is 11.1 Å². The van der Waals surface area contributed by atoms with Crippen molar-refractivity contribution >= 4 is 21.6 Å². The van der Waals surface area contributed by atoms with Crippen LogP contribution in [0.5, 0.6) is 5.75 Å². The van der Waals surface area contributed by atoms with Crippen LogP contribution in [0, 0.1) is 0 Å². The predicted molar refractivity (Wildman–Crippen MR) is 107 cm³/mol. The van der Waals surface area contributed by atoms with Gasteiger partial charge in [0, 0.05) is 30.9 Å². The van der Waals surface area contributed by atoms with Gasteiger partial charge in [-0.25, -0.2) is 8.42 Å². The maximum absolute atomic E-state index is 11.9.